The van der Waals surface area contributed by atoms with Gasteiger partial charge in [0.05, 0.1) is 17.6 Å². The van der Waals surface area contributed by atoms with E-state index < -0.39 is 39.5 Å². The van der Waals surface area contributed by atoms with Gasteiger partial charge in [-0.05, 0) is 43.4 Å². The number of benzene rings is 1. The molecule has 3 aliphatic heterocycles. The lowest BCUT2D eigenvalue weighted by molar-refractivity contribution is -0.138. The van der Waals surface area contributed by atoms with Gasteiger partial charge in [0, 0.05) is 38.4 Å². The van der Waals surface area contributed by atoms with Crippen LogP contribution in [0.25, 0.3) is 0 Å². The molecule has 1 N–H and O–H groups in total. The largest absolute Gasteiger partial charge is 0.457 e. The quantitative estimate of drug-likeness (QED) is 0.640. The van der Waals surface area contributed by atoms with Gasteiger partial charge in [-0.3, -0.25) is 0 Å². The van der Waals surface area contributed by atoms with Gasteiger partial charge < -0.3 is 19.6 Å². The van der Waals surface area contributed by atoms with Gasteiger partial charge in [0.25, 0.3) is 0 Å². The lowest BCUT2D eigenvalue weighted by Gasteiger charge is -2.41. The summed E-state index contributed by atoms with van der Waals surface area (Å²) in [6, 6.07) is 4.00. The molecule has 36 heavy (non-hydrogen) atoms. The Morgan fingerprint density at radius 1 is 1.17 bits per heavy atom. The predicted molar refractivity (Wildman–Crippen MR) is 126 cm³/mol. The number of piperidine rings is 2. The van der Waals surface area contributed by atoms with Crippen molar-refractivity contribution in [3.63, 3.8) is 0 Å². The molecule has 1 aromatic carbocycles. The molecule has 2 amide bonds. The molecule has 0 saturated carbocycles. The SMILES string of the molecule is Cc1ccc(C2CC(C3=NN(CS(C)(=O)=O)CO3)CN(C(=O)N3CCC(O)CC3)C2)cc1C(F)(F)F. The number of alkyl halides is 3. The molecule has 3 heterocycles. The highest BCUT2D eigenvalue weighted by atomic mass is 32.2. The maximum absolute atomic E-state index is 13.6. The molecule has 0 aliphatic carbocycles. The molecule has 0 aromatic heterocycles. The number of amides is 2. The zero-order chi connectivity index (χ0) is 26.3. The molecule has 2 fully saturated rings. The number of carbonyl (C=O) groups is 1. The maximum atomic E-state index is 13.6. The summed E-state index contributed by atoms with van der Waals surface area (Å²) in [4.78, 5) is 16.6. The second kappa shape index (κ2) is 10.1. The van der Waals surface area contributed by atoms with Crippen molar-refractivity contribution in [3.05, 3.63) is 34.9 Å². The molecule has 2 unspecified atom stereocenters. The van der Waals surface area contributed by atoms with Crippen molar-refractivity contribution >= 4 is 21.8 Å². The molecular weight excluding hydrogens is 501 g/mol. The number of aliphatic hydroxyl groups excluding tert-OH is 1. The fourth-order valence-electron chi connectivity index (χ4n) is 5.01. The molecular formula is C23H31F3N4O5S. The summed E-state index contributed by atoms with van der Waals surface area (Å²) < 4.78 is 69.7. The van der Waals surface area contributed by atoms with Crippen molar-refractivity contribution in [2.75, 3.05) is 45.0 Å². The number of rotatable bonds is 4. The second-order valence-corrected chi connectivity index (χ2v) is 12.0. The molecule has 13 heteroatoms. The summed E-state index contributed by atoms with van der Waals surface area (Å²) in [5.74, 6) is -0.861. The van der Waals surface area contributed by atoms with Crippen LogP contribution < -0.4 is 0 Å². The standard InChI is InChI=1S/C23H31F3N4O5S/c1-15-3-4-16(10-20(15)23(24,25)26)17-9-18(21-27-30(13-35-21)14-36(2,33)34)12-29(11-17)22(32)28-7-5-19(31)6-8-28/h3-4,10,17-19,31H,5-9,11-14H2,1-2H3. The van der Waals surface area contributed by atoms with Crippen LogP contribution in [0.1, 0.15) is 41.9 Å². The normalized spacial score (nSPS) is 24.1. The van der Waals surface area contributed by atoms with Crippen molar-refractivity contribution in [1.82, 2.24) is 14.8 Å². The summed E-state index contributed by atoms with van der Waals surface area (Å²) in [5.41, 5.74) is -0.117. The highest BCUT2D eigenvalue weighted by Gasteiger charge is 2.39. The number of halogens is 3. The van der Waals surface area contributed by atoms with Gasteiger partial charge in [-0.1, -0.05) is 12.1 Å². The molecule has 9 nitrogen and oxygen atoms in total. The molecule has 0 bridgehead atoms. The van der Waals surface area contributed by atoms with E-state index in [9.17, 15) is 31.5 Å². The summed E-state index contributed by atoms with van der Waals surface area (Å²) in [7, 11) is -3.34. The van der Waals surface area contributed by atoms with Crippen LogP contribution in [0.4, 0.5) is 18.0 Å². The van der Waals surface area contributed by atoms with Crippen molar-refractivity contribution in [2.45, 2.75) is 44.4 Å². The van der Waals surface area contributed by atoms with Crippen LogP contribution >= 0.6 is 0 Å². The first kappa shape index (κ1) is 26.5. The number of aliphatic hydroxyl groups is 1. The number of ether oxygens (including phenoxy) is 1. The first-order chi connectivity index (χ1) is 16.8. The number of hydrazone groups is 1. The molecule has 0 spiro atoms. The van der Waals surface area contributed by atoms with Gasteiger partial charge in [-0.15, -0.1) is 5.10 Å². The summed E-state index contributed by atoms with van der Waals surface area (Å²) >= 11 is 0. The third-order valence-electron chi connectivity index (χ3n) is 6.83. The van der Waals surface area contributed by atoms with Crippen molar-refractivity contribution in [3.8, 4) is 0 Å². The minimum atomic E-state index is -4.50. The van der Waals surface area contributed by atoms with Gasteiger partial charge in [-0.2, -0.15) is 13.2 Å². The van der Waals surface area contributed by atoms with Crippen LogP contribution in [-0.2, 0) is 20.8 Å². The van der Waals surface area contributed by atoms with Crippen LogP contribution in [0.15, 0.2) is 23.3 Å². The number of aryl methyl sites for hydroxylation is 1. The zero-order valence-electron chi connectivity index (χ0n) is 20.2. The number of likely N-dealkylation sites (tertiary alicyclic amines) is 2. The fourth-order valence-corrected chi connectivity index (χ4v) is 5.68. The Kier molecular flexibility index (Phi) is 7.42. The van der Waals surface area contributed by atoms with Crippen LogP contribution in [0.2, 0.25) is 0 Å². The number of urea groups is 1. The Hall–Kier alpha value is -2.54. The predicted octanol–water partition coefficient (Wildman–Crippen LogP) is 2.60. The van der Waals surface area contributed by atoms with Crippen molar-refractivity contribution < 1.29 is 36.2 Å². The molecule has 1 aromatic rings. The van der Waals surface area contributed by atoms with Crippen LogP contribution in [0.3, 0.4) is 0 Å². The number of sulfone groups is 1. The first-order valence-electron chi connectivity index (χ1n) is 11.8. The van der Waals surface area contributed by atoms with Crippen LogP contribution in [0, 0.1) is 12.8 Å². The lowest BCUT2D eigenvalue weighted by Crippen LogP contribution is -2.52. The number of hydrogen-bond acceptors (Lipinski definition) is 7. The van der Waals surface area contributed by atoms with Gasteiger partial charge >= 0.3 is 12.2 Å². The van der Waals surface area contributed by atoms with Crippen molar-refractivity contribution in [1.29, 1.82) is 0 Å². The Bertz CT molecular complexity index is 1120. The number of hydrogen-bond donors (Lipinski definition) is 1. The van der Waals surface area contributed by atoms with Gasteiger partial charge in [-0.25, -0.2) is 18.2 Å². The van der Waals surface area contributed by atoms with Gasteiger partial charge in [0.15, 0.2) is 16.6 Å². The lowest BCUT2D eigenvalue weighted by atomic mass is 9.83. The molecule has 2 saturated heterocycles. The topological polar surface area (TPSA) is 103 Å². The first-order valence-corrected chi connectivity index (χ1v) is 13.9. The van der Waals surface area contributed by atoms with E-state index in [1.807, 2.05) is 0 Å². The van der Waals surface area contributed by atoms with E-state index in [1.54, 1.807) is 15.9 Å². The highest BCUT2D eigenvalue weighted by molar-refractivity contribution is 7.90. The third-order valence-corrected chi connectivity index (χ3v) is 7.60. The van der Waals surface area contributed by atoms with E-state index in [4.69, 9.17) is 4.74 Å². The summed E-state index contributed by atoms with van der Waals surface area (Å²) in [6.07, 6.45) is -2.53. The summed E-state index contributed by atoms with van der Waals surface area (Å²) in [5, 5.41) is 15.4. The average Bonchev–Trinajstić information content (AvgIpc) is 3.25. The Morgan fingerprint density at radius 3 is 2.47 bits per heavy atom. The average molecular weight is 533 g/mol. The summed E-state index contributed by atoms with van der Waals surface area (Å²) in [6.45, 7) is 2.63. The molecule has 3 aliphatic rings. The Labute approximate surface area is 208 Å². The monoisotopic (exact) mass is 532 g/mol. The third kappa shape index (κ3) is 6.23. The van der Waals surface area contributed by atoms with Gasteiger partial charge in [0.2, 0.25) is 5.90 Å². The maximum Gasteiger partial charge on any atom is 0.416 e. The van der Waals surface area contributed by atoms with E-state index in [0.717, 1.165) is 12.3 Å². The van der Waals surface area contributed by atoms with E-state index >= 15 is 0 Å². The smallest absolute Gasteiger partial charge is 0.416 e. The van der Waals surface area contributed by atoms with E-state index in [0.29, 0.717) is 37.9 Å². The van der Waals surface area contributed by atoms with Crippen LogP contribution in [0.5, 0.6) is 0 Å². The molecule has 2 atom stereocenters. The number of nitrogens with zero attached hydrogens (tertiary/aromatic N) is 4. The molecule has 0 radical (unpaired) electrons. The van der Waals surface area contributed by atoms with E-state index in [2.05, 4.69) is 5.10 Å². The van der Waals surface area contributed by atoms with E-state index in [-0.39, 0.29) is 43.2 Å². The fraction of sp³-hybridized carbons (Fsp3) is 0.652. The highest BCUT2D eigenvalue weighted by Crippen LogP contribution is 2.38. The Balaban J connectivity index is 1.61. The van der Waals surface area contributed by atoms with Crippen molar-refractivity contribution in [2.24, 2.45) is 11.0 Å². The molecule has 4 rings (SSSR count). The van der Waals surface area contributed by atoms with E-state index in [1.165, 1.54) is 18.0 Å². The number of carbonyl (C=O) groups excluding carboxylic acids is 1. The van der Waals surface area contributed by atoms with Crippen LogP contribution in [-0.4, -0.2) is 91.4 Å². The minimum absolute atomic E-state index is 0.0513. The Morgan fingerprint density at radius 2 is 1.83 bits per heavy atom. The zero-order valence-corrected chi connectivity index (χ0v) is 21.1. The van der Waals surface area contributed by atoms with Gasteiger partial charge in [0.1, 0.15) is 5.88 Å². The second-order valence-electron chi connectivity index (χ2n) is 9.88. The minimum Gasteiger partial charge on any atom is -0.457 e. The molecule has 200 valence electrons.